The maximum atomic E-state index is 13.7. The number of aryl methyl sites for hydroxylation is 1. The number of aliphatic hydroxyl groups is 1. The molecule has 1 fully saturated rings. The first-order valence-electron chi connectivity index (χ1n) is 15.3. The number of amides is 2. The number of hydrogen-bond donors (Lipinski definition) is 4. The number of carbonyl (C=O) groups is 2. The first-order valence-corrected chi connectivity index (χ1v) is 15.7. The van der Waals surface area contributed by atoms with E-state index in [1.165, 1.54) is 0 Å². The van der Waals surface area contributed by atoms with Crippen LogP contribution >= 0.6 is 11.6 Å². The third-order valence-electron chi connectivity index (χ3n) is 8.41. The number of likely N-dealkylation sites (tertiary alicyclic amines) is 1. The Morgan fingerprint density at radius 3 is 2.51 bits per heavy atom. The molecule has 1 aliphatic heterocycles. The highest BCUT2D eigenvalue weighted by atomic mass is 35.5. The van der Waals surface area contributed by atoms with Gasteiger partial charge in [0, 0.05) is 54.3 Å². The van der Waals surface area contributed by atoms with Crippen LogP contribution in [0.5, 0.6) is 0 Å². The molecule has 230 valence electrons. The van der Waals surface area contributed by atoms with Gasteiger partial charge in [0.1, 0.15) is 0 Å². The fourth-order valence-electron chi connectivity index (χ4n) is 6.06. The summed E-state index contributed by atoms with van der Waals surface area (Å²) in [6, 6.07) is 21.9. The summed E-state index contributed by atoms with van der Waals surface area (Å²) < 4.78 is 0. The molecule has 7 nitrogen and oxygen atoms in total. The molecule has 43 heavy (non-hydrogen) atoms. The average molecular weight is 606 g/mol. The molecule has 0 bridgehead atoms. The summed E-state index contributed by atoms with van der Waals surface area (Å²) in [6.45, 7) is 8.26. The van der Waals surface area contributed by atoms with E-state index in [1.807, 2.05) is 59.5 Å². The average Bonchev–Trinajstić information content (AvgIpc) is 3.01. The Morgan fingerprint density at radius 2 is 1.81 bits per heavy atom. The molecule has 0 unspecified atom stereocenters. The summed E-state index contributed by atoms with van der Waals surface area (Å²) in [5.74, 6) is -0.318. The molecule has 0 saturated carbocycles. The minimum absolute atomic E-state index is 0.0510. The number of halogens is 1. The van der Waals surface area contributed by atoms with Crippen LogP contribution in [0.15, 0.2) is 66.7 Å². The van der Waals surface area contributed by atoms with Crippen molar-refractivity contribution in [1.82, 2.24) is 15.5 Å². The zero-order valence-electron chi connectivity index (χ0n) is 25.4. The van der Waals surface area contributed by atoms with Gasteiger partial charge in [-0.2, -0.15) is 0 Å². The number of carboxylic acid groups (broad SMARTS) is 1. The SMILES string of the molecule is CCc1cccc(-c2c(Cl)cccc2[C@](O)(CCCNC(=O)O)[C@@H]2CCCN(C(=O)c3ccc(CNC(C)C)cc3)C2)c1. The smallest absolute Gasteiger partial charge is 0.404 e. The topological polar surface area (TPSA) is 102 Å². The van der Waals surface area contributed by atoms with Gasteiger partial charge in [-0.1, -0.05) is 80.9 Å². The molecule has 0 aliphatic carbocycles. The van der Waals surface area contributed by atoms with Crippen molar-refractivity contribution in [2.24, 2.45) is 5.92 Å². The van der Waals surface area contributed by atoms with Crippen LogP contribution in [0.3, 0.4) is 0 Å². The molecule has 8 heteroatoms. The monoisotopic (exact) mass is 605 g/mol. The van der Waals surface area contributed by atoms with Gasteiger partial charge in [0.15, 0.2) is 0 Å². The van der Waals surface area contributed by atoms with Crippen molar-refractivity contribution in [3.8, 4) is 11.1 Å². The Balaban J connectivity index is 1.65. The van der Waals surface area contributed by atoms with E-state index in [0.717, 1.165) is 48.1 Å². The third-order valence-corrected chi connectivity index (χ3v) is 8.73. The molecule has 0 aromatic heterocycles. The van der Waals surface area contributed by atoms with E-state index in [0.29, 0.717) is 48.1 Å². The Hall–Kier alpha value is -3.39. The van der Waals surface area contributed by atoms with E-state index >= 15 is 0 Å². The standard InChI is InChI=1S/C35H44ClN3O4/c1-4-25-9-5-10-28(21-25)32-30(12-6-13-31(32)36)35(43,18-8-19-37-34(41)42)29-11-7-20-39(23-29)33(40)27-16-14-26(15-17-27)22-38-24(2)3/h5-6,9-10,12-17,21,24,29,37-38,43H,4,7-8,11,18-20,22-23H2,1-3H3,(H,41,42)/t29-,35+/m1/s1. The Labute approximate surface area is 260 Å². The lowest BCUT2D eigenvalue weighted by Crippen LogP contribution is -2.48. The lowest BCUT2D eigenvalue weighted by Gasteiger charge is -2.44. The molecular weight excluding hydrogens is 562 g/mol. The van der Waals surface area contributed by atoms with Crippen molar-refractivity contribution in [2.75, 3.05) is 19.6 Å². The van der Waals surface area contributed by atoms with Crippen LogP contribution in [0.25, 0.3) is 11.1 Å². The van der Waals surface area contributed by atoms with Crippen LogP contribution in [-0.4, -0.2) is 52.8 Å². The van der Waals surface area contributed by atoms with Crippen molar-refractivity contribution < 1.29 is 19.8 Å². The van der Waals surface area contributed by atoms with Gasteiger partial charge < -0.3 is 25.7 Å². The molecule has 0 spiro atoms. The fraction of sp³-hybridized carbons (Fsp3) is 0.429. The predicted octanol–water partition coefficient (Wildman–Crippen LogP) is 6.86. The Kier molecular flexibility index (Phi) is 11.2. The molecule has 0 radical (unpaired) electrons. The van der Waals surface area contributed by atoms with Gasteiger partial charge in [-0.25, -0.2) is 4.79 Å². The largest absolute Gasteiger partial charge is 0.465 e. The molecule has 2 amide bonds. The van der Waals surface area contributed by atoms with Crippen molar-refractivity contribution in [3.63, 3.8) is 0 Å². The molecule has 4 rings (SSSR count). The van der Waals surface area contributed by atoms with E-state index < -0.39 is 11.7 Å². The second-order valence-electron chi connectivity index (χ2n) is 11.8. The van der Waals surface area contributed by atoms with Crippen LogP contribution in [-0.2, 0) is 18.6 Å². The number of carbonyl (C=O) groups excluding carboxylic acids is 1. The molecular formula is C35H44ClN3O4. The summed E-state index contributed by atoms with van der Waals surface area (Å²) in [5.41, 5.74) is 3.99. The zero-order chi connectivity index (χ0) is 31.0. The lowest BCUT2D eigenvalue weighted by atomic mass is 9.72. The minimum Gasteiger partial charge on any atom is -0.465 e. The van der Waals surface area contributed by atoms with Crippen LogP contribution in [0, 0.1) is 5.92 Å². The first kappa shape index (κ1) is 32.5. The zero-order valence-corrected chi connectivity index (χ0v) is 26.2. The molecule has 3 aromatic carbocycles. The molecule has 2 atom stereocenters. The van der Waals surface area contributed by atoms with E-state index in [1.54, 1.807) is 0 Å². The second-order valence-corrected chi connectivity index (χ2v) is 12.2. The van der Waals surface area contributed by atoms with Gasteiger partial charge in [-0.05, 0) is 72.6 Å². The Morgan fingerprint density at radius 1 is 1.07 bits per heavy atom. The van der Waals surface area contributed by atoms with Gasteiger partial charge >= 0.3 is 6.09 Å². The third kappa shape index (κ3) is 8.17. The van der Waals surface area contributed by atoms with Gasteiger partial charge in [-0.3, -0.25) is 4.79 Å². The number of benzene rings is 3. The maximum absolute atomic E-state index is 13.7. The van der Waals surface area contributed by atoms with Gasteiger partial charge in [0.25, 0.3) is 5.91 Å². The second kappa shape index (κ2) is 14.9. The van der Waals surface area contributed by atoms with Crippen LogP contribution in [0.1, 0.15) is 73.5 Å². The molecule has 1 aliphatic rings. The summed E-state index contributed by atoms with van der Waals surface area (Å²) in [5, 5.41) is 28.2. The first-order chi connectivity index (χ1) is 20.6. The van der Waals surface area contributed by atoms with Gasteiger partial charge in [0.05, 0.1) is 5.60 Å². The van der Waals surface area contributed by atoms with Crippen molar-refractivity contribution in [3.05, 3.63) is 94.0 Å². The highest BCUT2D eigenvalue weighted by molar-refractivity contribution is 6.33. The molecule has 4 N–H and O–H groups in total. The number of rotatable bonds is 12. The number of nitrogens with one attached hydrogen (secondary N) is 2. The van der Waals surface area contributed by atoms with Crippen LogP contribution in [0.4, 0.5) is 4.79 Å². The van der Waals surface area contributed by atoms with E-state index in [-0.39, 0.29) is 18.4 Å². The normalized spacial score (nSPS) is 16.6. The predicted molar refractivity (Wildman–Crippen MR) is 172 cm³/mol. The lowest BCUT2D eigenvalue weighted by molar-refractivity contribution is -0.0563. The number of piperidine rings is 1. The summed E-state index contributed by atoms with van der Waals surface area (Å²) in [6.07, 6.45) is 2.01. The van der Waals surface area contributed by atoms with Crippen molar-refractivity contribution in [2.45, 2.75) is 71.1 Å². The number of nitrogens with zero attached hydrogens (tertiary/aromatic N) is 1. The van der Waals surface area contributed by atoms with Crippen molar-refractivity contribution >= 4 is 23.6 Å². The van der Waals surface area contributed by atoms with Gasteiger partial charge in [0.2, 0.25) is 0 Å². The Bertz CT molecular complexity index is 1390. The maximum Gasteiger partial charge on any atom is 0.404 e. The highest BCUT2D eigenvalue weighted by Crippen LogP contribution is 2.45. The fourth-order valence-corrected chi connectivity index (χ4v) is 6.34. The molecule has 1 heterocycles. The van der Waals surface area contributed by atoms with Crippen LogP contribution in [0.2, 0.25) is 5.02 Å². The van der Waals surface area contributed by atoms with E-state index in [2.05, 4.69) is 43.5 Å². The summed E-state index contributed by atoms with van der Waals surface area (Å²) in [4.78, 5) is 26.7. The van der Waals surface area contributed by atoms with Crippen LogP contribution < -0.4 is 10.6 Å². The molecule has 1 saturated heterocycles. The van der Waals surface area contributed by atoms with E-state index in [9.17, 15) is 14.7 Å². The summed E-state index contributed by atoms with van der Waals surface area (Å²) >= 11 is 6.85. The molecule has 3 aromatic rings. The number of hydrogen-bond acceptors (Lipinski definition) is 4. The van der Waals surface area contributed by atoms with Crippen molar-refractivity contribution in [1.29, 1.82) is 0 Å². The quantitative estimate of drug-likeness (QED) is 0.169. The van der Waals surface area contributed by atoms with E-state index in [4.69, 9.17) is 16.7 Å². The summed E-state index contributed by atoms with van der Waals surface area (Å²) in [7, 11) is 0. The van der Waals surface area contributed by atoms with Gasteiger partial charge in [-0.15, -0.1) is 0 Å². The minimum atomic E-state index is -1.34. The highest BCUT2D eigenvalue weighted by Gasteiger charge is 2.43.